The van der Waals surface area contributed by atoms with Gasteiger partial charge in [-0.15, -0.1) is 11.3 Å². The van der Waals surface area contributed by atoms with Crippen LogP contribution in [0.3, 0.4) is 0 Å². The summed E-state index contributed by atoms with van der Waals surface area (Å²) in [5.41, 5.74) is -1.07. The molecule has 1 aliphatic rings. The molecule has 0 saturated carbocycles. The fourth-order valence-electron chi connectivity index (χ4n) is 1.95. The van der Waals surface area contributed by atoms with E-state index in [2.05, 4.69) is 4.72 Å². The molecule has 0 unspecified atom stereocenters. The van der Waals surface area contributed by atoms with Crippen molar-refractivity contribution in [1.29, 1.82) is 0 Å². The van der Waals surface area contributed by atoms with Crippen molar-refractivity contribution in [1.82, 2.24) is 4.72 Å². The van der Waals surface area contributed by atoms with Crippen LogP contribution in [-0.4, -0.2) is 39.3 Å². The molecule has 0 bridgehead atoms. The predicted molar refractivity (Wildman–Crippen MR) is 69.6 cm³/mol. The number of hydrogen-bond acceptors (Lipinski definition) is 5. The molecule has 19 heavy (non-hydrogen) atoms. The van der Waals surface area contributed by atoms with E-state index in [1.807, 2.05) is 0 Å². The molecule has 1 fully saturated rings. The lowest BCUT2D eigenvalue weighted by Crippen LogP contribution is -2.46. The Bertz CT molecular complexity index is 531. The van der Waals surface area contributed by atoms with Crippen LogP contribution in [0.2, 0.25) is 0 Å². The number of carboxylic acid groups (broad SMARTS) is 1. The van der Waals surface area contributed by atoms with Gasteiger partial charge in [0.2, 0.25) is 10.0 Å². The van der Waals surface area contributed by atoms with E-state index in [4.69, 9.17) is 4.74 Å². The summed E-state index contributed by atoms with van der Waals surface area (Å²) in [6.07, 6.45) is 0.630. The molecular weight excluding hydrogens is 290 g/mol. The molecule has 2 rings (SSSR count). The maximum absolute atomic E-state index is 12.0. The SMILES string of the molecule is O=C(O)C1(CNS(=O)(=O)c2cccs2)CCOCC1. The first kappa shape index (κ1) is 14.4. The molecule has 6 nitrogen and oxygen atoms in total. The first-order valence-corrected chi connectivity index (χ1v) is 8.17. The average molecular weight is 305 g/mol. The summed E-state index contributed by atoms with van der Waals surface area (Å²) in [4.78, 5) is 11.4. The lowest BCUT2D eigenvalue weighted by atomic mass is 9.80. The van der Waals surface area contributed by atoms with Crippen LogP contribution in [-0.2, 0) is 19.6 Å². The Morgan fingerprint density at radius 3 is 2.68 bits per heavy atom. The Morgan fingerprint density at radius 1 is 1.47 bits per heavy atom. The zero-order valence-corrected chi connectivity index (χ0v) is 11.8. The highest BCUT2D eigenvalue weighted by atomic mass is 32.2. The number of thiophene rings is 1. The number of rotatable bonds is 5. The topological polar surface area (TPSA) is 92.7 Å². The summed E-state index contributed by atoms with van der Waals surface area (Å²) < 4.78 is 31.7. The lowest BCUT2D eigenvalue weighted by Gasteiger charge is -2.32. The second-order valence-electron chi connectivity index (χ2n) is 4.45. The minimum atomic E-state index is -3.62. The fraction of sp³-hybridized carbons (Fsp3) is 0.545. The summed E-state index contributed by atoms with van der Waals surface area (Å²) in [5, 5.41) is 11.0. The van der Waals surface area contributed by atoms with Crippen molar-refractivity contribution in [3.63, 3.8) is 0 Å². The van der Waals surface area contributed by atoms with E-state index in [1.165, 1.54) is 6.07 Å². The highest BCUT2D eigenvalue weighted by Crippen LogP contribution is 2.30. The summed E-state index contributed by atoms with van der Waals surface area (Å²) in [6, 6.07) is 3.13. The van der Waals surface area contributed by atoms with Gasteiger partial charge in [0, 0.05) is 19.8 Å². The van der Waals surface area contributed by atoms with Gasteiger partial charge in [-0.1, -0.05) is 6.07 Å². The number of ether oxygens (including phenoxy) is 1. The third kappa shape index (κ3) is 3.14. The maximum Gasteiger partial charge on any atom is 0.311 e. The van der Waals surface area contributed by atoms with Crippen LogP contribution < -0.4 is 4.72 Å². The van der Waals surface area contributed by atoms with Crippen LogP contribution in [0.5, 0.6) is 0 Å². The van der Waals surface area contributed by atoms with Gasteiger partial charge in [-0.2, -0.15) is 0 Å². The summed E-state index contributed by atoms with van der Waals surface area (Å²) in [7, 11) is -3.62. The molecule has 1 aromatic heterocycles. The van der Waals surface area contributed by atoms with Gasteiger partial charge in [0.15, 0.2) is 0 Å². The number of hydrogen-bond donors (Lipinski definition) is 2. The number of carboxylic acids is 1. The maximum atomic E-state index is 12.0. The second-order valence-corrected chi connectivity index (χ2v) is 7.40. The van der Waals surface area contributed by atoms with Crippen LogP contribution in [0.4, 0.5) is 0 Å². The summed E-state index contributed by atoms with van der Waals surface area (Å²) in [5.74, 6) is -0.982. The average Bonchev–Trinajstić information content (AvgIpc) is 2.92. The second kappa shape index (κ2) is 5.58. The first-order valence-electron chi connectivity index (χ1n) is 5.81. The van der Waals surface area contributed by atoms with Crippen molar-refractivity contribution in [2.75, 3.05) is 19.8 Å². The van der Waals surface area contributed by atoms with Gasteiger partial charge in [0.1, 0.15) is 4.21 Å². The number of nitrogens with one attached hydrogen (secondary N) is 1. The minimum Gasteiger partial charge on any atom is -0.481 e. The molecular formula is C11H15NO5S2. The Kier molecular flexibility index (Phi) is 4.24. The lowest BCUT2D eigenvalue weighted by molar-refractivity contribution is -0.154. The molecule has 0 atom stereocenters. The molecule has 1 saturated heterocycles. The van der Waals surface area contributed by atoms with Crippen molar-refractivity contribution in [2.24, 2.45) is 5.41 Å². The highest BCUT2D eigenvalue weighted by Gasteiger charge is 2.41. The molecule has 106 valence electrons. The van der Waals surface area contributed by atoms with Crippen LogP contribution in [0.1, 0.15) is 12.8 Å². The van der Waals surface area contributed by atoms with E-state index < -0.39 is 21.4 Å². The molecule has 8 heteroatoms. The van der Waals surface area contributed by atoms with E-state index in [0.717, 1.165) is 11.3 Å². The van der Waals surface area contributed by atoms with Crippen LogP contribution >= 0.6 is 11.3 Å². The Labute approximate surface area is 115 Å². The Morgan fingerprint density at radius 2 is 2.16 bits per heavy atom. The highest BCUT2D eigenvalue weighted by molar-refractivity contribution is 7.91. The van der Waals surface area contributed by atoms with Gasteiger partial charge in [-0.25, -0.2) is 13.1 Å². The van der Waals surface area contributed by atoms with Gasteiger partial charge in [0.25, 0.3) is 0 Å². The van der Waals surface area contributed by atoms with Gasteiger partial charge in [-0.05, 0) is 24.3 Å². The Hall–Kier alpha value is -0.960. The van der Waals surface area contributed by atoms with Crippen molar-refractivity contribution in [3.05, 3.63) is 17.5 Å². The number of sulfonamides is 1. The van der Waals surface area contributed by atoms with Gasteiger partial charge < -0.3 is 9.84 Å². The summed E-state index contributed by atoms with van der Waals surface area (Å²) in [6.45, 7) is 0.575. The molecule has 0 radical (unpaired) electrons. The predicted octanol–water partition coefficient (Wildman–Crippen LogP) is 0.908. The van der Waals surface area contributed by atoms with Crippen molar-refractivity contribution in [3.8, 4) is 0 Å². The number of carbonyl (C=O) groups is 1. The molecule has 0 aliphatic carbocycles. The molecule has 1 aromatic rings. The Balaban J connectivity index is 2.09. The zero-order chi connectivity index (χ0) is 13.9. The van der Waals surface area contributed by atoms with Gasteiger partial charge in [-0.3, -0.25) is 4.79 Å². The molecule has 1 aliphatic heterocycles. The van der Waals surface area contributed by atoms with Crippen LogP contribution in [0.15, 0.2) is 21.7 Å². The first-order chi connectivity index (χ1) is 8.96. The van der Waals surface area contributed by atoms with Crippen molar-refractivity contribution < 1.29 is 23.1 Å². The van der Waals surface area contributed by atoms with E-state index in [-0.39, 0.29) is 10.8 Å². The zero-order valence-electron chi connectivity index (χ0n) is 10.2. The minimum absolute atomic E-state index is 0.105. The molecule has 0 aromatic carbocycles. The van der Waals surface area contributed by atoms with Crippen molar-refractivity contribution in [2.45, 2.75) is 17.1 Å². The van der Waals surface area contributed by atoms with E-state index in [9.17, 15) is 18.3 Å². The van der Waals surface area contributed by atoms with E-state index in [0.29, 0.717) is 26.1 Å². The largest absolute Gasteiger partial charge is 0.481 e. The third-order valence-corrected chi connectivity index (χ3v) is 6.06. The fourth-order valence-corrected chi connectivity index (χ4v) is 4.11. The van der Waals surface area contributed by atoms with E-state index >= 15 is 0 Å². The quantitative estimate of drug-likeness (QED) is 0.843. The smallest absolute Gasteiger partial charge is 0.311 e. The van der Waals surface area contributed by atoms with Gasteiger partial charge >= 0.3 is 5.97 Å². The van der Waals surface area contributed by atoms with E-state index in [1.54, 1.807) is 11.4 Å². The standard InChI is InChI=1S/C11H15NO5S2/c13-10(14)11(3-5-17-6-4-11)8-12-19(15,16)9-2-1-7-18-9/h1-2,7,12H,3-6,8H2,(H,13,14). The van der Waals surface area contributed by atoms with Crippen LogP contribution in [0, 0.1) is 5.41 Å². The summed E-state index contributed by atoms with van der Waals surface area (Å²) >= 11 is 1.10. The molecule has 0 amide bonds. The molecule has 2 N–H and O–H groups in total. The monoisotopic (exact) mass is 305 g/mol. The molecule has 0 spiro atoms. The normalized spacial score (nSPS) is 19.2. The van der Waals surface area contributed by atoms with Gasteiger partial charge in [0.05, 0.1) is 5.41 Å². The van der Waals surface area contributed by atoms with Crippen LogP contribution in [0.25, 0.3) is 0 Å². The van der Waals surface area contributed by atoms with Crippen molar-refractivity contribution >= 4 is 27.3 Å². The third-order valence-electron chi connectivity index (χ3n) is 3.26. The molecule has 2 heterocycles. The number of aliphatic carboxylic acids is 1.